The second kappa shape index (κ2) is 10.4. The van der Waals surface area contributed by atoms with Gasteiger partial charge in [-0.2, -0.15) is 4.31 Å². The van der Waals surface area contributed by atoms with E-state index in [2.05, 4.69) is 6.08 Å². The number of amides is 1. The molecular weight excluding hydrogens is 436 g/mol. The minimum absolute atomic E-state index is 0.00541. The van der Waals surface area contributed by atoms with Gasteiger partial charge in [-0.15, -0.1) is 0 Å². The van der Waals surface area contributed by atoms with Gasteiger partial charge in [0, 0.05) is 44.5 Å². The molecule has 0 unspecified atom stereocenters. The number of carbonyl (C=O) groups is 1. The summed E-state index contributed by atoms with van der Waals surface area (Å²) in [5, 5.41) is 11.2. The molecule has 32 heavy (non-hydrogen) atoms. The molecule has 1 fully saturated rings. The van der Waals surface area contributed by atoms with Crippen molar-refractivity contribution in [3.8, 4) is 5.75 Å². The first-order valence-corrected chi connectivity index (χ1v) is 12.3. The van der Waals surface area contributed by atoms with Crippen LogP contribution < -0.4 is 4.74 Å². The Morgan fingerprint density at radius 2 is 1.94 bits per heavy atom. The number of likely N-dealkylation sites (N-methyl/N-ethyl adjacent to an activating group) is 1. The van der Waals surface area contributed by atoms with Gasteiger partial charge < -0.3 is 9.64 Å². The third-order valence-electron chi connectivity index (χ3n) is 5.91. The van der Waals surface area contributed by atoms with Gasteiger partial charge in [-0.25, -0.2) is 8.42 Å². The summed E-state index contributed by atoms with van der Waals surface area (Å²) in [7, 11) is -2.60. The lowest BCUT2D eigenvalue weighted by molar-refractivity contribution is -0.386. The minimum Gasteiger partial charge on any atom is -0.490 e. The first-order valence-electron chi connectivity index (χ1n) is 10.8. The molecular formula is C21H30N4O6S. The van der Waals surface area contributed by atoms with Crippen LogP contribution in [0.1, 0.15) is 32.6 Å². The standard InChI is InChI=1S/C21H30N4O6S/c1-3-24(17-7-5-4-6-8-17)21(26)16-22-11-13-23(14-12-22)32(29,30)18-9-10-20(31-2)19(15-18)25(27)28/h7,9-10,15H,3-6,8,11-14,16H2,1-2H3. The van der Waals surface area contributed by atoms with E-state index in [9.17, 15) is 23.3 Å². The molecule has 1 heterocycles. The van der Waals surface area contributed by atoms with Crippen molar-refractivity contribution in [1.29, 1.82) is 0 Å². The van der Waals surface area contributed by atoms with Gasteiger partial charge in [-0.3, -0.25) is 19.8 Å². The largest absolute Gasteiger partial charge is 0.490 e. The lowest BCUT2D eigenvalue weighted by Crippen LogP contribution is -2.51. The van der Waals surface area contributed by atoms with E-state index in [1.807, 2.05) is 16.7 Å². The van der Waals surface area contributed by atoms with E-state index in [1.54, 1.807) is 0 Å². The van der Waals surface area contributed by atoms with Crippen molar-refractivity contribution >= 4 is 21.6 Å². The average molecular weight is 467 g/mol. The van der Waals surface area contributed by atoms with Crippen LogP contribution in [0.15, 0.2) is 34.9 Å². The first-order chi connectivity index (χ1) is 15.3. The Morgan fingerprint density at radius 1 is 1.22 bits per heavy atom. The summed E-state index contributed by atoms with van der Waals surface area (Å²) in [5.41, 5.74) is 0.695. The number of piperazine rings is 1. The molecule has 1 saturated heterocycles. The Morgan fingerprint density at radius 3 is 2.50 bits per heavy atom. The zero-order valence-electron chi connectivity index (χ0n) is 18.5. The number of methoxy groups -OCH3 is 1. The maximum Gasteiger partial charge on any atom is 0.312 e. The summed E-state index contributed by atoms with van der Waals surface area (Å²) >= 11 is 0. The van der Waals surface area contributed by atoms with E-state index in [0.29, 0.717) is 19.6 Å². The Hall–Kier alpha value is -2.50. The van der Waals surface area contributed by atoms with E-state index in [4.69, 9.17) is 4.74 Å². The molecule has 2 aliphatic rings. The number of ether oxygens (including phenoxy) is 1. The molecule has 0 aromatic heterocycles. The number of allylic oxidation sites excluding steroid dienone is 2. The van der Waals surface area contributed by atoms with Crippen molar-refractivity contribution < 1.29 is 22.9 Å². The van der Waals surface area contributed by atoms with Gasteiger partial charge in [0.05, 0.1) is 23.5 Å². The summed E-state index contributed by atoms with van der Waals surface area (Å²) in [6.07, 6.45) is 6.31. The van der Waals surface area contributed by atoms with E-state index < -0.39 is 20.6 Å². The third-order valence-corrected chi connectivity index (χ3v) is 7.80. The van der Waals surface area contributed by atoms with Crippen LogP contribution >= 0.6 is 0 Å². The molecule has 1 aliphatic heterocycles. The van der Waals surface area contributed by atoms with Crippen molar-refractivity contribution in [2.45, 2.75) is 37.5 Å². The average Bonchev–Trinajstić information content (AvgIpc) is 2.80. The fourth-order valence-corrected chi connectivity index (χ4v) is 5.58. The number of benzene rings is 1. The van der Waals surface area contributed by atoms with Crippen molar-refractivity contribution in [1.82, 2.24) is 14.1 Å². The molecule has 10 nitrogen and oxygen atoms in total. The molecule has 0 spiro atoms. The fraction of sp³-hybridized carbons (Fsp3) is 0.571. The van der Waals surface area contributed by atoms with Gasteiger partial charge in [0.15, 0.2) is 5.75 Å². The van der Waals surface area contributed by atoms with Crippen molar-refractivity contribution in [3.63, 3.8) is 0 Å². The van der Waals surface area contributed by atoms with E-state index in [-0.39, 0.29) is 36.2 Å². The zero-order valence-corrected chi connectivity index (χ0v) is 19.3. The zero-order chi connectivity index (χ0) is 23.3. The van der Waals surface area contributed by atoms with Crippen LogP contribution in [0.4, 0.5) is 5.69 Å². The maximum absolute atomic E-state index is 13.0. The highest BCUT2D eigenvalue weighted by atomic mass is 32.2. The number of nitro groups is 1. The molecule has 0 bridgehead atoms. The van der Waals surface area contributed by atoms with E-state index in [0.717, 1.165) is 37.4 Å². The van der Waals surface area contributed by atoms with Crippen molar-refractivity contribution in [2.75, 3.05) is 46.4 Å². The van der Waals surface area contributed by atoms with Crippen molar-refractivity contribution in [3.05, 3.63) is 40.1 Å². The fourth-order valence-electron chi connectivity index (χ4n) is 4.13. The quantitative estimate of drug-likeness (QED) is 0.426. The van der Waals surface area contributed by atoms with E-state index in [1.165, 1.54) is 23.5 Å². The van der Waals surface area contributed by atoms with E-state index >= 15 is 0 Å². The maximum atomic E-state index is 13.0. The van der Waals surface area contributed by atoms with Gasteiger partial charge in [0.25, 0.3) is 0 Å². The highest BCUT2D eigenvalue weighted by molar-refractivity contribution is 7.89. The molecule has 0 radical (unpaired) electrons. The highest BCUT2D eigenvalue weighted by Gasteiger charge is 2.31. The van der Waals surface area contributed by atoms with Crippen LogP contribution in [0.3, 0.4) is 0 Å². The molecule has 0 atom stereocenters. The van der Waals surface area contributed by atoms with Crippen LogP contribution in [0, 0.1) is 10.1 Å². The molecule has 1 aliphatic carbocycles. The summed E-state index contributed by atoms with van der Waals surface area (Å²) < 4.78 is 32.3. The first kappa shape index (κ1) is 24.1. The van der Waals surface area contributed by atoms with Gasteiger partial charge >= 0.3 is 5.69 Å². The lowest BCUT2D eigenvalue weighted by Gasteiger charge is -2.35. The molecule has 11 heteroatoms. The summed E-state index contributed by atoms with van der Waals surface area (Å²) in [4.78, 5) is 27.1. The predicted octanol–water partition coefficient (Wildman–Crippen LogP) is 2.22. The lowest BCUT2D eigenvalue weighted by atomic mass is 10.0. The Balaban J connectivity index is 1.63. The van der Waals surface area contributed by atoms with Gasteiger partial charge in [0.2, 0.25) is 15.9 Å². The number of hydrogen-bond acceptors (Lipinski definition) is 7. The normalized spacial score (nSPS) is 18.1. The van der Waals surface area contributed by atoms with Crippen LogP contribution in [0.25, 0.3) is 0 Å². The topological polar surface area (TPSA) is 113 Å². The SMILES string of the molecule is CCN(C(=O)CN1CCN(S(=O)(=O)c2ccc(OC)c([N+](=O)[O-])c2)CC1)C1=CCCCC1. The Kier molecular flexibility index (Phi) is 7.86. The van der Waals surface area contributed by atoms with Crippen LogP contribution in [0.2, 0.25) is 0 Å². The number of nitrogens with zero attached hydrogens (tertiary/aromatic N) is 4. The number of carbonyl (C=O) groups excluding carboxylic acids is 1. The molecule has 1 amide bonds. The summed E-state index contributed by atoms with van der Waals surface area (Å²) in [6.45, 7) is 4.09. The number of hydrogen-bond donors (Lipinski definition) is 0. The molecule has 1 aromatic carbocycles. The highest BCUT2D eigenvalue weighted by Crippen LogP contribution is 2.31. The monoisotopic (exact) mass is 466 g/mol. The number of sulfonamides is 1. The molecule has 176 valence electrons. The summed E-state index contributed by atoms with van der Waals surface area (Å²) in [5.74, 6) is 0.0357. The molecule has 0 N–H and O–H groups in total. The molecule has 1 aromatic rings. The van der Waals surface area contributed by atoms with Crippen LogP contribution in [-0.2, 0) is 14.8 Å². The second-order valence-corrected chi connectivity index (χ2v) is 9.79. The molecule has 0 saturated carbocycles. The van der Waals surface area contributed by atoms with Gasteiger partial charge in [0.1, 0.15) is 0 Å². The third kappa shape index (κ3) is 5.28. The Labute approximate surface area is 188 Å². The van der Waals surface area contributed by atoms with Crippen molar-refractivity contribution in [2.24, 2.45) is 0 Å². The molecule has 3 rings (SSSR count). The van der Waals surface area contributed by atoms with Gasteiger partial charge in [-0.1, -0.05) is 6.08 Å². The summed E-state index contributed by atoms with van der Waals surface area (Å²) in [6, 6.07) is 3.63. The predicted molar refractivity (Wildman–Crippen MR) is 119 cm³/mol. The number of rotatable bonds is 8. The van der Waals surface area contributed by atoms with Crippen LogP contribution in [-0.4, -0.2) is 79.7 Å². The van der Waals surface area contributed by atoms with Gasteiger partial charge in [-0.05, 0) is 44.7 Å². The Bertz CT molecular complexity index is 986. The number of nitro benzene ring substituents is 1. The second-order valence-electron chi connectivity index (χ2n) is 7.85. The minimum atomic E-state index is -3.89. The van der Waals surface area contributed by atoms with Crippen LogP contribution in [0.5, 0.6) is 5.75 Å². The smallest absolute Gasteiger partial charge is 0.312 e.